The first-order valence-electron chi connectivity index (χ1n) is 11.1. The number of piperazine rings is 1. The van der Waals surface area contributed by atoms with E-state index in [0.29, 0.717) is 6.42 Å². The lowest BCUT2D eigenvalue weighted by Crippen LogP contribution is -2.48. The summed E-state index contributed by atoms with van der Waals surface area (Å²) in [6, 6.07) is 8.72. The molecule has 0 atom stereocenters. The van der Waals surface area contributed by atoms with Gasteiger partial charge in [0.2, 0.25) is 5.91 Å². The minimum absolute atomic E-state index is 0.236. The van der Waals surface area contributed by atoms with Gasteiger partial charge in [-0.1, -0.05) is 29.8 Å². The predicted octanol–water partition coefficient (Wildman–Crippen LogP) is 2.83. The van der Waals surface area contributed by atoms with Crippen LogP contribution < -0.4 is 0 Å². The highest BCUT2D eigenvalue weighted by Crippen LogP contribution is 2.17. The van der Waals surface area contributed by atoms with Crippen LogP contribution in [-0.4, -0.2) is 76.6 Å². The monoisotopic (exact) mass is 424 g/mol. The first-order valence-corrected chi connectivity index (χ1v) is 11.1. The molecule has 0 unspecified atom stereocenters. The number of hydrogen-bond acceptors (Lipinski definition) is 5. The quantitative estimate of drug-likeness (QED) is 0.407. The highest BCUT2D eigenvalue weighted by Gasteiger charge is 2.22. The minimum atomic E-state index is 0.236. The molecule has 0 bridgehead atoms. The van der Waals surface area contributed by atoms with Gasteiger partial charge in [0.15, 0.2) is 0 Å². The van der Waals surface area contributed by atoms with Gasteiger partial charge in [0.1, 0.15) is 5.84 Å². The largest absolute Gasteiger partial charge is 0.340 e. The molecule has 2 heterocycles. The van der Waals surface area contributed by atoms with Crippen molar-refractivity contribution in [1.29, 1.82) is 0 Å². The van der Waals surface area contributed by atoms with Crippen molar-refractivity contribution < 1.29 is 4.79 Å². The Morgan fingerprint density at radius 1 is 1.06 bits per heavy atom. The van der Waals surface area contributed by atoms with Gasteiger partial charge in [-0.05, 0) is 45.2 Å². The van der Waals surface area contributed by atoms with Crippen molar-refractivity contribution in [2.45, 2.75) is 47.1 Å². The number of nitrogens with zero attached hydrogens (tertiary/aromatic N) is 6. The van der Waals surface area contributed by atoms with Crippen LogP contribution in [0.4, 0.5) is 0 Å². The molecule has 1 aromatic carbocycles. The number of rotatable bonds is 6. The molecular weight excluding hydrogens is 388 g/mol. The number of carbonyl (C=O) groups is 1. The number of carbonyl (C=O) groups excluding carboxylic acids is 1. The molecule has 1 aromatic heterocycles. The van der Waals surface area contributed by atoms with Crippen molar-refractivity contribution in [3.63, 3.8) is 0 Å². The molecule has 1 aliphatic heterocycles. The molecule has 168 valence electrons. The second kappa shape index (κ2) is 10.1. The molecule has 3 rings (SSSR count). The zero-order valence-electron chi connectivity index (χ0n) is 19.9. The maximum absolute atomic E-state index is 12.8. The van der Waals surface area contributed by atoms with Crippen LogP contribution in [0.25, 0.3) is 0 Å². The SMILES string of the molecule is C/C(=N\N(C)C)n1nc(C)c(CCC(=O)N2CCN(Cc3ccc(C)cc3)CC2)c1C. The van der Waals surface area contributed by atoms with E-state index in [4.69, 9.17) is 0 Å². The molecular formula is C24H36N6O. The molecule has 0 spiro atoms. The van der Waals surface area contributed by atoms with Gasteiger partial charge in [-0.3, -0.25) is 9.69 Å². The summed E-state index contributed by atoms with van der Waals surface area (Å²) in [5.41, 5.74) is 5.81. The first-order chi connectivity index (χ1) is 14.7. The van der Waals surface area contributed by atoms with E-state index in [1.807, 2.05) is 37.5 Å². The summed E-state index contributed by atoms with van der Waals surface area (Å²) in [4.78, 5) is 17.3. The molecule has 0 saturated carbocycles. The molecule has 1 aliphatic rings. The average molecular weight is 425 g/mol. The Bertz CT molecular complexity index is 920. The zero-order chi connectivity index (χ0) is 22.5. The third-order valence-corrected chi connectivity index (χ3v) is 5.93. The van der Waals surface area contributed by atoms with Crippen LogP contribution in [0.2, 0.25) is 0 Å². The molecule has 31 heavy (non-hydrogen) atoms. The first kappa shape index (κ1) is 23.0. The number of benzene rings is 1. The summed E-state index contributed by atoms with van der Waals surface area (Å²) in [7, 11) is 3.80. The van der Waals surface area contributed by atoms with Crippen LogP contribution >= 0.6 is 0 Å². The zero-order valence-corrected chi connectivity index (χ0v) is 19.9. The number of aryl methyl sites for hydroxylation is 2. The fraction of sp³-hybridized carbons (Fsp3) is 0.542. The predicted molar refractivity (Wildman–Crippen MR) is 125 cm³/mol. The molecule has 7 nitrogen and oxygen atoms in total. The van der Waals surface area contributed by atoms with Crippen molar-refractivity contribution in [3.8, 4) is 0 Å². The van der Waals surface area contributed by atoms with Crippen LogP contribution in [-0.2, 0) is 17.8 Å². The van der Waals surface area contributed by atoms with E-state index < -0.39 is 0 Å². The Morgan fingerprint density at radius 3 is 2.32 bits per heavy atom. The van der Waals surface area contributed by atoms with Crippen LogP contribution in [0.1, 0.15) is 41.4 Å². The third kappa shape index (κ3) is 5.94. The standard InChI is InChI=1S/C24H36N6O/c1-18-7-9-22(10-8-18)17-28-13-15-29(16-14-28)24(31)12-11-23-19(2)25-30(20(23)3)21(4)26-27(5)6/h7-10H,11-17H2,1-6H3/b26-21+. The summed E-state index contributed by atoms with van der Waals surface area (Å²) in [5.74, 6) is 1.06. The van der Waals surface area contributed by atoms with Gasteiger partial charge in [0.25, 0.3) is 0 Å². The maximum Gasteiger partial charge on any atom is 0.222 e. The van der Waals surface area contributed by atoms with Crippen molar-refractivity contribution in [3.05, 3.63) is 52.3 Å². The summed E-state index contributed by atoms with van der Waals surface area (Å²) in [5, 5.41) is 10.9. The van der Waals surface area contributed by atoms with E-state index in [2.05, 4.69) is 53.2 Å². The van der Waals surface area contributed by atoms with Gasteiger partial charge in [-0.15, -0.1) is 0 Å². The van der Waals surface area contributed by atoms with Crippen molar-refractivity contribution in [1.82, 2.24) is 24.6 Å². The molecule has 2 aromatic rings. The normalized spacial score (nSPS) is 15.4. The Labute approximate surface area is 186 Å². The molecule has 1 saturated heterocycles. The second-order valence-corrected chi connectivity index (χ2v) is 8.70. The smallest absolute Gasteiger partial charge is 0.222 e. The molecule has 0 radical (unpaired) electrons. The molecule has 1 fully saturated rings. The number of hydrazone groups is 1. The van der Waals surface area contributed by atoms with Gasteiger partial charge >= 0.3 is 0 Å². The van der Waals surface area contributed by atoms with E-state index in [1.165, 1.54) is 11.1 Å². The van der Waals surface area contributed by atoms with Crippen molar-refractivity contribution in [2.24, 2.45) is 5.10 Å². The number of aromatic nitrogens is 2. The Kier molecular flexibility index (Phi) is 7.49. The van der Waals surface area contributed by atoms with E-state index >= 15 is 0 Å². The fourth-order valence-corrected chi connectivity index (χ4v) is 4.18. The maximum atomic E-state index is 12.8. The minimum Gasteiger partial charge on any atom is -0.340 e. The van der Waals surface area contributed by atoms with Crippen LogP contribution in [0, 0.1) is 20.8 Å². The van der Waals surface area contributed by atoms with Crippen LogP contribution in [0.3, 0.4) is 0 Å². The van der Waals surface area contributed by atoms with Crippen molar-refractivity contribution >= 4 is 11.7 Å². The Hall–Kier alpha value is -2.67. The van der Waals surface area contributed by atoms with Crippen LogP contribution in [0.15, 0.2) is 29.4 Å². The summed E-state index contributed by atoms with van der Waals surface area (Å²) < 4.78 is 1.87. The highest BCUT2D eigenvalue weighted by molar-refractivity contribution is 5.82. The van der Waals surface area contributed by atoms with E-state index in [0.717, 1.165) is 61.9 Å². The lowest BCUT2D eigenvalue weighted by atomic mass is 10.1. The fourth-order valence-electron chi connectivity index (χ4n) is 4.18. The number of hydrogen-bond donors (Lipinski definition) is 0. The van der Waals surface area contributed by atoms with E-state index in [9.17, 15) is 4.79 Å². The highest BCUT2D eigenvalue weighted by atomic mass is 16.2. The lowest BCUT2D eigenvalue weighted by molar-refractivity contribution is -0.133. The third-order valence-electron chi connectivity index (χ3n) is 5.93. The van der Waals surface area contributed by atoms with E-state index in [1.54, 1.807) is 5.01 Å². The molecule has 7 heteroatoms. The number of amides is 1. The van der Waals surface area contributed by atoms with E-state index in [-0.39, 0.29) is 5.91 Å². The van der Waals surface area contributed by atoms with Gasteiger partial charge in [-0.25, -0.2) is 4.68 Å². The molecule has 1 amide bonds. The Morgan fingerprint density at radius 2 is 1.71 bits per heavy atom. The van der Waals surface area contributed by atoms with Crippen molar-refractivity contribution in [2.75, 3.05) is 40.3 Å². The summed E-state index contributed by atoms with van der Waals surface area (Å²) >= 11 is 0. The molecule has 0 aliphatic carbocycles. The lowest BCUT2D eigenvalue weighted by Gasteiger charge is -2.35. The topological polar surface area (TPSA) is 57.0 Å². The van der Waals surface area contributed by atoms with Crippen LogP contribution in [0.5, 0.6) is 0 Å². The molecule has 0 N–H and O–H groups in total. The van der Waals surface area contributed by atoms with Gasteiger partial charge in [0.05, 0.1) is 5.69 Å². The van der Waals surface area contributed by atoms with Gasteiger partial charge in [-0.2, -0.15) is 10.2 Å². The van der Waals surface area contributed by atoms with Gasteiger partial charge < -0.3 is 9.91 Å². The Balaban J connectivity index is 1.52. The summed E-state index contributed by atoms with van der Waals surface area (Å²) in [6.45, 7) is 12.5. The summed E-state index contributed by atoms with van der Waals surface area (Å²) in [6.07, 6.45) is 1.24. The average Bonchev–Trinajstić information content (AvgIpc) is 3.01. The second-order valence-electron chi connectivity index (χ2n) is 8.70. The van der Waals surface area contributed by atoms with Gasteiger partial charge in [0, 0.05) is 58.9 Å².